The average molecular weight is 305 g/mol. The standard InChI is InChI=1S/C19H21N4/c1-12-10-16-14-8-6-7-9-17(14)22(4)18(16)11-15(12)19-20-23(5)13(2)21(19)3/h6-11H,1-5H3/q+1. The van der Waals surface area contributed by atoms with Gasteiger partial charge in [0.2, 0.25) is 5.82 Å². The van der Waals surface area contributed by atoms with Crippen LogP contribution in [-0.2, 0) is 21.1 Å². The van der Waals surface area contributed by atoms with Gasteiger partial charge in [0.25, 0.3) is 0 Å². The smallest absolute Gasteiger partial charge is 0.309 e. The van der Waals surface area contributed by atoms with E-state index in [9.17, 15) is 0 Å². The van der Waals surface area contributed by atoms with E-state index in [1.54, 1.807) is 0 Å². The lowest BCUT2D eigenvalue weighted by atomic mass is 10.0. The Kier molecular flexibility index (Phi) is 2.85. The first-order valence-electron chi connectivity index (χ1n) is 7.87. The van der Waals surface area contributed by atoms with Crippen molar-refractivity contribution in [3.63, 3.8) is 0 Å². The Hall–Kier alpha value is -2.62. The van der Waals surface area contributed by atoms with Crippen molar-refractivity contribution in [1.82, 2.24) is 14.3 Å². The van der Waals surface area contributed by atoms with Crippen molar-refractivity contribution < 1.29 is 4.57 Å². The highest BCUT2D eigenvalue weighted by Crippen LogP contribution is 2.32. The number of fused-ring (bicyclic) bond motifs is 3. The van der Waals surface area contributed by atoms with E-state index < -0.39 is 0 Å². The Labute approximate surface area is 135 Å². The second kappa shape index (κ2) is 4.69. The van der Waals surface area contributed by atoms with Gasteiger partial charge in [-0.1, -0.05) is 18.2 Å². The Morgan fingerprint density at radius 3 is 2.39 bits per heavy atom. The largest absolute Gasteiger partial charge is 0.344 e. The number of para-hydroxylation sites is 1. The zero-order valence-electron chi connectivity index (χ0n) is 14.3. The number of nitrogens with zero attached hydrogens (tertiary/aromatic N) is 4. The summed E-state index contributed by atoms with van der Waals surface area (Å²) < 4.78 is 6.35. The third kappa shape index (κ3) is 1.84. The minimum atomic E-state index is 1.01. The normalized spacial score (nSPS) is 11.7. The summed E-state index contributed by atoms with van der Waals surface area (Å²) in [5, 5.41) is 7.31. The van der Waals surface area contributed by atoms with Gasteiger partial charge in [-0.05, 0) is 30.7 Å². The Morgan fingerprint density at radius 1 is 0.957 bits per heavy atom. The van der Waals surface area contributed by atoms with Crippen molar-refractivity contribution in [2.24, 2.45) is 21.1 Å². The van der Waals surface area contributed by atoms with Gasteiger partial charge in [-0.3, -0.25) is 0 Å². The van der Waals surface area contributed by atoms with Crippen LogP contribution in [0.15, 0.2) is 36.4 Å². The molecule has 0 spiro atoms. The molecule has 2 heterocycles. The van der Waals surface area contributed by atoms with Crippen LogP contribution in [0.1, 0.15) is 11.4 Å². The van der Waals surface area contributed by atoms with Crippen LogP contribution in [0.3, 0.4) is 0 Å². The topological polar surface area (TPSA) is 26.6 Å². The number of hydrogen-bond donors (Lipinski definition) is 0. The molecule has 2 aromatic carbocycles. The molecule has 4 rings (SSSR count). The van der Waals surface area contributed by atoms with Crippen molar-refractivity contribution in [1.29, 1.82) is 0 Å². The number of aromatic nitrogens is 4. The van der Waals surface area contributed by atoms with E-state index >= 15 is 0 Å². The summed E-state index contributed by atoms with van der Waals surface area (Å²) in [4.78, 5) is 0. The van der Waals surface area contributed by atoms with Crippen LogP contribution < -0.4 is 4.57 Å². The van der Waals surface area contributed by atoms with Crippen molar-refractivity contribution >= 4 is 21.8 Å². The average Bonchev–Trinajstić information content (AvgIpc) is 2.97. The summed E-state index contributed by atoms with van der Waals surface area (Å²) in [6.45, 7) is 4.25. The van der Waals surface area contributed by atoms with E-state index in [1.165, 1.54) is 32.9 Å². The number of hydrogen-bond acceptors (Lipinski definition) is 1. The molecular formula is C19H21N4+. The van der Waals surface area contributed by atoms with E-state index in [4.69, 9.17) is 5.10 Å². The van der Waals surface area contributed by atoms with Gasteiger partial charge in [0.05, 0.1) is 19.7 Å². The zero-order valence-corrected chi connectivity index (χ0v) is 14.3. The lowest BCUT2D eigenvalue weighted by Gasteiger charge is -2.04. The van der Waals surface area contributed by atoms with Gasteiger partial charge in [0, 0.05) is 40.9 Å². The van der Waals surface area contributed by atoms with Crippen molar-refractivity contribution in [2.75, 3.05) is 0 Å². The summed E-state index contributed by atoms with van der Waals surface area (Å²) in [6, 6.07) is 13.1. The molecule has 2 aromatic heterocycles. The van der Waals surface area contributed by atoms with Crippen LogP contribution in [0.2, 0.25) is 0 Å². The van der Waals surface area contributed by atoms with Crippen molar-refractivity contribution in [3.8, 4) is 11.4 Å². The lowest BCUT2D eigenvalue weighted by Crippen LogP contribution is -2.32. The molecular weight excluding hydrogens is 284 g/mol. The molecule has 116 valence electrons. The maximum atomic E-state index is 4.70. The number of aryl methyl sites for hydroxylation is 3. The van der Waals surface area contributed by atoms with Gasteiger partial charge in [-0.25, -0.2) is 4.57 Å². The van der Waals surface area contributed by atoms with E-state index in [2.05, 4.69) is 73.5 Å². The first kappa shape index (κ1) is 14.0. The molecule has 0 saturated heterocycles. The predicted octanol–water partition coefficient (Wildman–Crippen LogP) is 3.17. The van der Waals surface area contributed by atoms with E-state index in [0.717, 1.165) is 11.6 Å². The van der Waals surface area contributed by atoms with Crippen LogP contribution in [0.5, 0.6) is 0 Å². The van der Waals surface area contributed by atoms with Crippen molar-refractivity contribution in [2.45, 2.75) is 13.8 Å². The van der Waals surface area contributed by atoms with Crippen LogP contribution in [-0.4, -0.2) is 14.3 Å². The number of rotatable bonds is 1. The highest BCUT2D eigenvalue weighted by atomic mass is 15.4. The summed E-state index contributed by atoms with van der Waals surface area (Å²) in [6.07, 6.45) is 0. The summed E-state index contributed by atoms with van der Waals surface area (Å²) >= 11 is 0. The van der Waals surface area contributed by atoms with Crippen LogP contribution in [0.4, 0.5) is 0 Å². The Bertz CT molecular complexity index is 1070. The van der Waals surface area contributed by atoms with E-state index in [0.29, 0.717) is 0 Å². The molecule has 23 heavy (non-hydrogen) atoms. The highest BCUT2D eigenvalue weighted by Gasteiger charge is 2.22. The molecule has 0 N–H and O–H groups in total. The molecule has 4 heteroatoms. The molecule has 0 aliphatic carbocycles. The maximum Gasteiger partial charge on any atom is 0.309 e. The Morgan fingerprint density at radius 2 is 1.70 bits per heavy atom. The zero-order chi connectivity index (χ0) is 16.3. The SMILES string of the molecule is Cc1cc2c3ccccc3n(C)c2cc1-c1nn(C)c(C)[n+]1C. The fourth-order valence-electron chi connectivity index (χ4n) is 3.44. The molecule has 0 bridgehead atoms. The number of benzene rings is 2. The van der Waals surface area contributed by atoms with Crippen molar-refractivity contribution in [3.05, 3.63) is 47.8 Å². The van der Waals surface area contributed by atoms with Gasteiger partial charge in [-0.2, -0.15) is 0 Å². The molecule has 0 amide bonds. The molecule has 0 aliphatic rings. The fourth-order valence-corrected chi connectivity index (χ4v) is 3.44. The quantitative estimate of drug-likeness (QED) is 0.496. The van der Waals surface area contributed by atoms with Gasteiger partial charge < -0.3 is 4.57 Å². The molecule has 0 radical (unpaired) electrons. The molecule has 0 fully saturated rings. The molecule has 0 aliphatic heterocycles. The van der Waals surface area contributed by atoms with Crippen LogP contribution >= 0.6 is 0 Å². The van der Waals surface area contributed by atoms with E-state index in [-0.39, 0.29) is 0 Å². The first-order valence-corrected chi connectivity index (χ1v) is 7.87. The molecule has 0 atom stereocenters. The van der Waals surface area contributed by atoms with E-state index in [1.807, 2.05) is 11.7 Å². The molecule has 4 aromatic rings. The predicted molar refractivity (Wildman–Crippen MR) is 93.3 cm³/mol. The summed E-state index contributed by atoms with van der Waals surface area (Å²) in [7, 11) is 6.19. The molecule has 0 saturated carbocycles. The highest BCUT2D eigenvalue weighted by molar-refractivity contribution is 6.09. The summed E-state index contributed by atoms with van der Waals surface area (Å²) in [5.41, 5.74) is 4.95. The second-order valence-corrected chi connectivity index (χ2v) is 6.31. The van der Waals surface area contributed by atoms with Gasteiger partial charge in [-0.15, -0.1) is 4.68 Å². The molecule has 4 nitrogen and oxygen atoms in total. The minimum Gasteiger partial charge on any atom is -0.344 e. The first-order chi connectivity index (χ1) is 11.0. The third-order valence-corrected chi connectivity index (χ3v) is 5.02. The second-order valence-electron chi connectivity index (χ2n) is 6.31. The van der Waals surface area contributed by atoms with Gasteiger partial charge >= 0.3 is 5.82 Å². The van der Waals surface area contributed by atoms with Crippen LogP contribution in [0, 0.1) is 13.8 Å². The minimum absolute atomic E-state index is 1.01. The van der Waals surface area contributed by atoms with Crippen LogP contribution in [0.25, 0.3) is 33.2 Å². The fraction of sp³-hybridized carbons (Fsp3) is 0.263. The monoisotopic (exact) mass is 305 g/mol. The van der Waals surface area contributed by atoms with Gasteiger partial charge in [0.1, 0.15) is 0 Å². The molecule has 0 unspecified atom stereocenters. The van der Waals surface area contributed by atoms with Gasteiger partial charge in [0.15, 0.2) is 0 Å². The third-order valence-electron chi connectivity index (χ3n) is 5.02. The maximum absolute atomic E-state index is 4.70. The Balaban J connectivity index is 2.09. The lowest BCUT2D eigenvalue weighted by molar-refractivity contribution is -0.667. The summed E-state index contributed by atoms with van der Waals surface area (Å²) in [5.74, 6) is 2.14.